The summed E-state index contributed by atoms with van der Waals surface area (Å²) in [4.78, 5) is 6.91. The predicted octanol–water partition coefficient (Wildman–Crippen LogP) is 1.99. The molecular formula is C15H26N4O. The molecule has 20 heavy (non-hydrogen) atoms. The van der Waals surface area contributed by atoms with Gasteiger partial charge in [0.1, 0.15) is 0 Å². The van der Waals surface area contributed by atoms with Gasteiger partial charge in [0, 0.05) is 12.5 Å². The maximum absolute atomic E-state index is 5.33. The first-order valence-electron chi connectivity index (χ1n) is 8.12. The molecule has 0 saturated carbocycles. The number of aryl methyl sites for hydroxylation is 1. The molecule has 1 N–H and O–H groups in total. The Morgan fingerprint density at radius 1 is 1.30 bits per heavy atom. The fourth-order valence-corrected chi connectivity index (χ4v) is 3.50. The SMILES string of the molecule is CCCc1noc(CN2CCC(C3CCCN3)CC2)n1. The van der Waals surface area contributed by atoms with Gasteiger partial charge in [-0.25, -0.2) is 0 Å². The van der Waals surface area contributed by atoms with Gasteiger partial charge in [-0.2, -0.15) is 4.98 Å². The number of piperidine rings is 1. The van der Waals surface area contributed by atoms with Gasteiger partial charge < -0.3 is 9.84 Å². The Balaban J connectivity index is 1.45. The standard InChI is InChI=1S/C15H26N4O/c1-2-4-14-17-15(20-18-14)11-19-9-6-12(7-10-19)13-5-3-8-16-13/h12-13,16H,2-11H2,1H3. The predicted molar refractivity (Wildman–Crippen MR) is 77.3 cm³/mol. The van der Waals surface area contributed by atoms with Crippen LogP contribution in [0.25, 0.3) is 0 Å². The Bertz CT molecular complexity index is 406. The average Bonchev–Trinajstić information content (AvgIpc) is 3.12. The molecule has 1 atom stereocenters. The normalized spacial score (nSPS) is 25.4. The molecule has 5 heteroatoms. The maximum atomic E-state index is 5.33. The summed E-state index contributed by atoms with van der Waals surface area (Å²) in [5.74, 6) is 2.51. The van der Waals surface area contributed by atoms with Gasteiger partial charge in [0.2, 0.25) is 5.89 Å². The zero-order valence-electron chi connectivity index (χ0n) is 12.5. The molecule has 0 bridgehead atoms. The molecule has 2 aliphatic heterocycles. The van der Waals surface area contributed by atoms with Crippen LogP contribution in [0.15, 0.2) is 4.52 Å². The highest BCUT2D eigenvalue weighted by Gasteiger charge is 2.28. The van der Waals surface area contributed by atoms with Gasteiger partial charge in [0.05, 0.1) is 6.54 Å². The minimum absolute atomic E-state index is 0.775. The quantitative estimate of drug-likeness (QED) is 0.892. The highest BCUT2D eigenvalue weighted by molar-refractivity contribution is 4.89. The van der Waals surface area contributed by atoms with Gasteiger partial charge in [-0.1, -0.05) is 12.1 Å². The number of rotatable bonds is 5. The molecule has 5 nitrogen and oxygen atoms in total. The summed E-state index contributed by atoms with van der Waals surface area (Å²) in [6.07, 6.45) is 7.31. The molecule has 3 heterocycles. The lowest BCUT2D eigenvalue weighted by Crippen LogP contribution is -2.40. The van der Waals surface area contributed by atoms with E-state index in [0.717, 1.165) is 56.2 Å². The number of hydrogen-bond donors (Lipinski definition) is 1. The molecule has 2 aliphatic rings. The van der Waals surface area contributed by atoms with Gasteiger partial charge in [-0.15, -0.1) is 0 Å². The Kier molecular flexibility index (Phi) is 4.68. The van der Waals surface area contributed by atoms with Crippen LogP contribution in [0.3, 0.4) is 0 Å². The second-order valence-corrected chi connectivity index (χ2v) is 6.17. The number of nitrogens with zero attached hydrogens (tertiary/aromatic N) is 3. The maximum Gasteiger partial charge on any atom is 0.240 e. The van der Waals surface area contributed by atoms with E-state index in [1.807, 2.05) is 0 Å². The highest BCUT2D eigenvalue weighted by Crippen LogP contribution is 2.26. The molecule has 0 amide bonds. The number of nitrogens with one attached hydrogen (secondary N) is 1. The van der Waals surface area contributed by atoms with Crippen molar-refractivity contribution in [2.24, 2.45) is 5.92 Å². The summed E-state index contributed by atoms with van der Waals surface area (Å²) in [5.41, 5.74) is 0. The summed E-state index contributed by atoms with van der Waals surface area (Å²) in [6.45, 7) is 6.50. The third-order valence-electron chi connectivity index (χ3n) is 4.64. The fourth-order valence-electron chi connectivity index (χ4n) is 3.50. The number of likely N-dealkylation sites (tertiary alicyclic amines) is 1. The van der Waals surface area contributed by atoms with Crippen LogP contribution in [0.5, 0.6) is 0 Å². The second-order valence-electron chi connectivity index (χ2n) is 6.17. The molecule has 112 valence electrons. The summed E-state index contributed by atoms with van der Waals surface area (Å²) < 4.78 is 5.33. The zero-order chi connectivity index (χ0) is 13.8. The van der Waals surface area contributed by atoms with E-state index in [2.05, 4.69) is 27.3 Å². The highest BCUT2D eigenvalue weighted by atomic mass is 16.5. The van der Waals surface area contributed by atoms with E-state index in [1.165, 1.54) is 32.2 Å². The van der Waals surface area contributed by atoms with E-state index in [9.17, 15) is 0 Å². The fraction of sp³-hybridized carbons (Fsp3) is 0.867. The van der Waals surface area contributed by atoms with E-state index in [-0.39, 0.29) is 0 Å². The third kappa shape index (κ3) is 3.38. The van der Waals surface area contributed by atoms with Gasteiger partial charge in [-0.05, 0) is 57.7 Å². The van der Waals surface area contributed by atoms with Crippen LogP contribution in [-0.2, 0) is 13.0 Å². The molecule has 1 aromatic heterocycles. The second kappa shape index (κ2) is 6.68. The summed E-state index contributed by atoms with van der Waals surface area (Å²) >= 11 is 0. The van der Waals surface area contributed by atoms with Crippen LogP contribution in [0.4, 0.5) is 0 Å². The lowest BCUT2D eigenvalue weighted by Gasteiger charge is -2.34. The van der Waals surface area contributed by atoms with Crippen LogP contribution in [0, 0.1) is 5.92 Å². The summed E-state index contributed by atoms with van der Waals surface area (Å²) in [7, 11) is 0. The van der Waals surface area contributed by atoms with Crippen molar-refractivity contribution < 1.29 is 4.52 Å². The molecule has 1 aromatic rings. The van der Waals surface area contributed by atoms with Gasteiger partial charge >= 0.3 is 0 Å². The van der Waals surface area contributed by atoms with Gasteiger partial charge in [0.15, 0.2) is 5.82 Å². The van der Waals surface area contributed by atoms with E-state index >= 15 is 0 Å². The van der Waals surface area contributed by atoms with E-state index in [4.69, 9.17) is 4.52 Å². The van der Waals surface area contributed by atoms with Crippen LogP contribution < -0.4 is 5.32 Å². The monoisotopic (exact) mass is 278 g/mol. The first-order chi connectivity index (χ1) is 9.85. The first kappa shape index (κ1) is 14.0. The lowest BCUT2D eigenvalue weighted by atomic mass is 9.88. The van der Waals surface area contributed by atoms with Crippen LogP contribution >= 0.6 is 0 Å². The molecule has 0 spiro atoms. The van der Waals surface area contributed by atoms with Crippen molar-refractivity contribution in [2.75, 3.05) is 19.6 Å². The molecule has 2 saturated heterocycles. The lowest BCUT2D eigenvalue weighted by molar-refractivity contribution is 0.143. The summed E-state index contributed by atoms with van der Waals surface area (Å²) in [6, 6.07) is 0.775. The molecule has 3 rings (SSSR count). The van der Waals surface area contributed by atoms with Gasteiger partial charge in [-0.3, -0.25) is 4.90 Å². The number of hydrogen-bond acceptors (Lipinski definition) is 5. The van der Waals surface area contributed by atoms with E-state index in [1.54, 1.807) is 0 Å². The van der Waals surface area contributed by atoms with Crippen LogP contribution in [-0.4, -0.2) is 40.7 Å². The van der Waals surface area contributed by atoms with Crippen molar-refractivity contribution in [2.45, 2.75) is 58.0 Å². The Morgan fingerprint density at radius 3 is 2.85 bits per heavy atom. The van der Waals surface area contributed by atoms with E-state index < -0.39 is 0 Å². The first-order valence-corrected chi connectivity index (χ1v) is 8.12. The van der Waals surface area contributed by atoms with Crippen molar-refractivity contribution in [3.8, 4) is 0 Å². The van der Waals surface area contributed by atoms with Crippen LogP contribution in [0.2, 0.25) is 0 Å². The smallest absolute Gasteiger partial charge is 0.240 e. The third-order valence-corrected chi connectivity index (χ3v) is 4.64. The van der Waals surface area contributed by atoms with Crippen molar-refractivity contribution in [1.29, 1.82) is 0 Å². The van der Waals surface area contributed by atoms with Crippen LogP contribution in [0.1, 0.15) is 50.7 Å². The average molecular weight is 278 g/mol. The minimum atomic E-state index is 0.775. The van der Waals surface area contributed by atoms with Crippen molar-refractivity contribution >= 4 is 0 Å². The molecule has 0 radical (unpaired) electrons. The zero-order valence-corrected chi connectivity index (χ0v) is 12.5. The van der Waals surface area contributed by atoms with Gasteiger partial charge in [0.25, 0.3) is 0 Å². The Hall–Kier alpha value is -0.940. The molecular weight excluding hydrogens is 252 g/mol. The Morgan fingerprint density at radius 2 is 2.15 bits per heavy atom. The largest absolute Gasteiger partial charge is 0.338 e. The molecule has 0 aromatic carbocycles. The minimum Gasteiger partial charge on any atom is -0.338 e. The molecule has 1 unspecified atom stereocenters. The molecule has 0 aliphatic carbocycles. The Labute approximate surface area is 121 Å². The van der Waals surface area contributed by atoms with E-state index in [0.29, 0.717) is 0 Å². The topological polar surface area (TPSA) is 54.2 Å². The van der Waals surface area contributed by atoms with Crippen molar-refractivity contribution in [3.05, 3.63) is 11.7 Å². The molecule has 2 fully saturated rings. The van der Waals surface area contributed by atoms with Crippen molar-refractivity contribution in [1.82, 2.24) is 20.4 Å². The number of aromatic nitrogens is 2. The summed E-state index contributed by atoms with van der Waals surface area (Å²) in [5, 5.41) is 7.68. The van der Waals surface area contributed by atoms with Crippen molar-refractivity contribution in [3.63, 3.8) is 0 Å².